The number of carboxylic acids is 1. The van der Waals surface area contributed by atoms with E-state index in [1.54, 1.807) is 14.0 Å². The lowest BCUT2D eigenvalue weighted by Gasteiger charge is -2.36. The van der Waals surface area contributed by atoms with Gasteiger partial charge in [0.05, 0.1) is 29.9 Å². The van der Waals surface area contributed by atoms with Crippen LogP contribution in [0.4, 0.5) is 18.9 Å². The molecule has 0 saturated carbocycles. The molecule has 2 aromatic rings. The van der Waals surface area contributed by atoms with Crippen molar-refractivity contribution >= 4 is 22.7 Å². The first-order chi connectivity index (χ1) is 11.2. The van der Waals surface area contributed by atoms with Gasteiger partial charge in [0.1, 0.15) is 5.56 Å². The second kappa shape index (κ2) is 5.62. The molecule has 1 fully saturated rings. The number of hydrogen-bond donors (Lipinski definition) is 1. The molecule has 7 nitrogen and oxygen atoms in total. The molecular formula is C14H15F3N4O3. The van der Waals surface area contributed by atoms with E-state index in [4.69, 9.17) is 4.74 Å². The van der Waals surface area contributed by atoms with Gasteiger partial charge in [-0.1, -0.05) is 0 Å². The van der Waals surface area contributed by atoms with Gasteiger partial charge in [-0.2, -0.15) is 18.3 Å². The fraction of sp³-hybridized carbons (Fsp3) is 0.500. The van der Waals surface area contributed by atoms with Crippen molar-refractivity contribution in [3.63, 3.8) is 0 Å². The molecular weight excluding hydrogens is 329 g/mol. The summed E-state index contributed by atoms with van der Waals surface area (Å²) in [7, 11) is 1.64. The molecule has 1 aliphatic heterocycles. The van der Waals surface area contributed by atoms with Gasteiger partial charge in [0.2, 0.25) is 0 Å². The van der Waals surface area contributed by atoms with Gasteiger partial charge in [0.15, 0.2) is 11.8 Å². The third-order valence-electron chi connectivity index (χ3n) is 3.98. The van der Waals surface area contributed by atoms with E-state index in [0.717, 1.165) is 6.20 Å². The van der Waals surface area contributed by atoms with Crippen molar-refractivity contribution in [1.29, 1.82) is 0 Å². The molecule has 0 amide bonds. The molecule has 24 heavy (non-hydrogen) atoms. The van der Waals surface area contributed by atoms with Gasteiger partial charge in [0, 0.05) is 19.8 Å². The van der Waals surface area contributed by atoms with Crippen LogP contribution in [0, 0.1) is 6.92 Å². The number of alkyl halides is 3. The van der Waals surface area contributed by atoms with Crippen molar-refractivity contribution in [2.45, 2.75) is 19.2 Å². The number of pyridine rings is 1. The number of aromatic carboxylic acids is 1. The molecule has 1 atom stereocenters. The maximum atomic E-state index is 13.0. The summed E-state index contributed by atoms with van der Waals surface area (Å²) in [5.74, 6) is -1.25. The van der Waals surface area contributed by atoms with Crippen LogP contribution in [-0.4, -0.2) is 57.8 Å². The highest BCUT2D eigenvalue weighted by Crippen LogP contribution is 2.35. The Bertz CT molecular complexity index is 803. The van der Waals surface area contributed by atoms with E-state index >= 15 is 0 Å². The third-order valence-corrected chi connectivity index (χ3v) is 3.98. The summed E-state index contributed by atoms with van der Waals surface area (Å²) in [6.07, 6.45) is -5.33. The van der Waals surface area contributed by atoms with Crippen LogP contribution in [0.25, 0.3) is 11.0 Å². The summed E-state index contributed by atoms with van der Waals surface area (Å²) < 4.78 is 45.2. The Morgan fingerprint density at radius 2 is 2.17 bits per heavy atom. The Morgan fingerprint density at radius 1 is 1.46 bits per heavy atom. The number of halogens is 3. The van der Waals surface area contributed by atoms with E-state index in [1.165, 1.54) is 9.58 Å². The molecule has 0 aromatic carbocycles. The Balaban J connectivity index is 2.16. The van der Waals surface area contributed by atoms with Gasteiger partial charge >= 0.3 is 12.1 Å². The van der Waals surface area contributed by atoms with Gasteiger partial charge in [0.25, 0.3) is 0 Å². The van der Waals surface area contributed by atoms with Crippen molar-refractivity contribution in [3.05, 3.63) is 17.5 Å². The molecule has 0 aliphatic carbocycles. The highest BCUT2D eigenvalue weighted by Gasteiger charge is 2.44. The molecule has 3 heterocycles. The Kier molecular flexibility index (Phi) is 3.86. The average Bonchev–Trinajstić information content (AvgIpc) is 2.80. The number of fused-ring (bicyclic) bond motifs is 1. The molecule has 1 aliphatic rings. The third kappa shape index (κ3) is 2.66. The summed E-state index contributed by atoms with van der Waals surface area (Å²) >= 11 is 0. The van der Waals surface area contributed by atoms with Gasteiger partial charge < -0.3 is 14.7 Å². The zero-order chi connectivity index (χ0) is 17.6. The lowest BCUT2D eigenvalue weighted by Crippen LogP contribution is -2.49. The van der Waals surface area contributed by atoms with Crippen LogP contribution in [-0.2, 0) is 11.8 Å². The van der Waals surface area contributed by atoms with Gasteiger partial charge in [-0.25, -0.2) is 9.78 Å². The molecule has 1 unspecified atom stereocenters. The first-order valence-electron chi connectivity index (χ1n) is 7.19. The number of aromatic nitrogens is 3. The van der Waals surface area contributed by atoms with Gasteiger partial charge in [-0.15, -0.1) is 0 Å². The lowest BCUT2D eigenvalue weighted by molar-refractivity contribution is -0.221. The topological polar surface area (TPSA) is 80.5 Å². The Hall–Kier alpha value is -2.36. The van der Waals surface area contributed by atoms with Crippen LogP contribution in [0.5, 0.6) is 0 Å². The van der Waals surface area contributed by atoms with Gasteiger partial charge in [-0.05, 0) is 6.92 Å². The van der Waals surface area contributed by atoms with Crippen molar-refractivity contribution in [1.82, 2.24) is 14.8 Å². The summed E-state index contributed by atoms with van der Waals surface area (Å²) in [5, 5.41) is 14.1. The van der Waals surface area contributed by atoms with E-state index in [0.29, 0.717) is 16.7 Å². The standard InChI is InChI=1S/C14H15F3N4O3/c1-7-10-11(21-3-4-24-9(6-21)14(15,16)17)8(13(22)23)5-18-12(10)20(2)19-7/h5,9H,3-4,6H2,1-2H3,(H,22,23). The summed E-state index contributed by atoms with van der Waals surface area (Å²) in [5.41, 5.74) is 0.979. The van der Waals surface area contributed by atoms with E-state index in [2.05, 4.69) is 10.1 Å². The number of carboxylic acid groups (broad SMARTS) is 1. The molecule has 1 saturated heterocycles. The van der Waals surface area contributed by atoms with Crippen LogP contribution >= 0.6 is 0 Å². The number of carbonyl (C=O) groups is 1. The molecule has 10 heteroatoms. The molecule has 130 valence electrons. The van der Waals surface area contributed by atoms with Crippen LogP contribution in [0.2, 0.25) is 0 Å². The van der Waals surface area contributed by atoms with Crippen LogP contribution < -0.4 is 4.90 Å². The Morgan fingerprint density at radius 3 is 2.79 bits per heavy atom. The number of morpholine rings is 1. The minimum Gasteiger partial charge on any atom is -0.478 e. The smallest absolute Gasteiger partial charge is 0.416 e. The molecule has 0 radical (unpaired) electrons. The van der Waals surface area contributed by atoms with E-state index in [-0.39, 0.29) is 24.4 Å². The lowest BCUT2D eigenvalue weighted by atomic mass is 10.1. The number of nitrogens with zero attached hydrogens (tertiary/aromatic N) is 4. The minimum atomic E-state index is -4.52. The van der Waals surface area contributed by atoms with Crippen LogP contribution in [0.1, 0.15) is 16.1 Å². The molecule has 0 bridgehead atoms. The number of hydrogen-bond acceptors (Lipinski definition) is 5. The van der Waals surface area contributed by atoms with E-state index < -0.39 is 24.8 Å². The molecule has 0 spiro atoms. The van der Waals surface area contributed by atoms with Crippen molar-refractivity contribution in [2.75, 3.05) is 24.6 Å². The quantitative estimate of drug-likeness (QED) is 0.894. The normalized spacial score (nSPS) is 19.0. The summed E-state index contributed by atoms with van der Waals surface area (Å²) in [6, 6.07) is 0. The first-order valence-corrected chi connectivity index (χ1v) is 7.19. The monoisotopic (exact) mass is 344 g/mol. The van der Waals surface area contributed by atoms with Crippen molar-refractivity contribution in [3.8, 4) is 0 Å². The van der Waals surface area contributed by atoms with Crippen molar-refractivity contribution in [2.24, 2.45) is 7.05 Å². The molecule has 3 rings (SSSR count). The summed E-state index contributed by atoms with van der Waals surface area (Å²) in [4.78, 5) is 17.0. The first kappa shape index (κ1) is 16.5. The van der Waals surface area contributed by atoms with Gasteiger partial charge in [-0.3, -0.25) is 4.68 Å². The SMILES string of the molecule is Cc1nn(C)c2ncc(C(=O)O)c(N3CCOC(C(F)(F)F)C3)c12. The minimum absolute atomic E-state index is 0.146. The predicted octanol–water partition coefficient (Wildman–Crippen LogP) is 1.74. The highest BCUT2D eigenvalue weighted by molar-refractivity contribution is 6.04. The Labute approximate surface area is 134 Å². The number of rotatable bonds is 2. The maximum absolute atomic E-state index is 13.0. The van der Waals surface area contributed by atoms with Crippen molar-refractivity contribution < 1.29 is 27.8 Å². The fourth-order valence-electron chi connectivity index (χ4n) is 2.93. The van der Waals surface area contributed by atoms with Crippen LogP contribution in [0.3, 0.4) is 0 Å². The van der Waals surface area contributed by atoms with E-state index in [9.17, 15) is 23.1 Å². The maximum Gasteiger partial charge on any atom is 0.416 e. The zero-order valence-electron chi connectivity index (χ0n) is 13.0. The highest BCUT2D eigenvalue weighted by atomic mass is 19.4. The average molecular weight is 344 g/mol. The number of anilines is 1. The summed E-state index contributed by atoms with van der Waals surface area (Å²) in [6.45, 7) is 1.20. The number of aryl methyl sites for hydroxylation is 2. The van der Waals surface area contributed by atoms with E-state index in [1.807, 2.05) is 0 Å². The largest absolute Gasteiger partial charge is 0.478 e. The second-order valence-electron chi connectivity index (χ2n) is 5.58. The zero-order valence-corrected chi connectivity index (χ0v) is 13.0. The fourth-order valence-corrected chi connectivity index (χ4v) is 2.93. The molecule has 2 aromatic heterocycles. The predicted molar refractivity (Wildman–Crippen MR) is 78.2 cm³/mol. The number of ether oxygens (including phenoxy) is 1. The molecule has 1 N–H and O–H groups in total. The second-order valence-corrected chi connectivity index (χ2v) is 5.58. The van der Waals surface area contributed by atoms with Crippen LogP contribution in [0.15, 0.2) is 6.20 Å².